The molecular formula is C25H17Cl4NO5. The largest absolute Gasteiger partial charge is 0.493 e. The van der Waals surface area contributed by atoms with E-state index in [1.807, 2.05) is 12.1 Å². The van der Waals surface area contributed by atoms with Gasteiger partial charge in [0.2, 0.25) is 0 Å². The van der Waals surface area contributed by atoms with Gasteiger partial charge in [0.1, 0.15) is 11.7 Å². The number of halogens is 4. The quantitative estimate of drug-likeness (QED) is 0.0791. The minimum atomic E-state index is -1.28. The van der Waals surface area contributed by atoms with Crippen LogP contribution in [0.4, 0.5) is 0 Å². The van der Waals surface area contributed by atoms with Crippen LogP contribution in [0.25, 0.3) is 10.9 Å². The van der Waals surface area contributed by atoms with E-state index >= 15 is 0 Å². The molecular weight excluding hydrogens is 536 g/mol. The lowest BCUT2D eigenvalue weighted by Crippen LogP contribution is -2.15. The third kappa shape index (κ3) is 4.64. The SMILES string of the molecule is C=C(C)C(=O)OCCCOc1cc(C2C(=O)c3c(Cl)c(Cl)c(Cl)c(Cl)c3C2=O)nc2ccccc12. The molecule has 4 rings (SSSR count). The molecule has 0 N–H and O–H groups in total. The number of fused-ring (bicyclic) bond motifs is 2. The Morgan fingerprint density at radius 3 is 2.17 bits per heavy atom. The zero-order chi connectivity index (χ0) is 25.4. The lowest BCUT2D eigenvalue weighted by molar-refractivity contribution is -0.139. The molecule has 0 spiro atoms. The van der Waals surface area contributed by atoms with Gasteiger partial charge in [0.05, 0.1) is 55.6 Å². The molecule has 0 bridgehead atoms. The van der Waals surface area contributed by atoms with E-state index in [0.717, 1.165) is 0 Å². The van der Waals surface area contributed by atoms with Gasteiger partial charge >= 0.3 is 5.97 Å². The molecule has 2 aromatic carbocycles. The number of hydrogen-bond acceptors (Lipinski definition) is 6. The van der Waals surface area contributed by atoms with Crippen molar-refractivity contribution < 1.29 is 23.9 Å². The predicted molar refractivity (Wildman–Crippen MR) is 136 cm³/mol. The molecule has 0 saturated carbocycles. The molecule has 0 amide bonds. The Morgan fingerprint density at radius 1 is 0.971 bits per heavy atom. The molecule has 0 saturated heterocycles. The predicted octanol–water partition coefficient (Wildman–Crippen LogP) is 6.90. The van der Waals surface area contributed by atoms with Crippen LogP contribution in [0.3, 0.4) is 0 Å². The first kappa shape index (κ1) is 25.5. The third-order valence-electron chi connectivity index (χ3n) is 5.41. The van der Waals surface area contributed by atoms with Crippen molar-refractivity contribution in [3.8, 4) is 5.75 Å². The maximum atomic E-state index is 13.3. The maximum absolute atomic E-state index is 13.3. The average molecular weight is 553 g/mol. The van der Waals surface area contributed by atoms with Crippen molar-refractivity contribution >= 4 is 74.8 Å². The second-order valence-electron chi connectivity index (χ2n) is 7.85. The molecule has 3 aromatic rings. The van der Waals surface area contributed by atoms with Crippen LogP contribution in [0.5, 0.6) is 5.75 Å². The van der Waals surface area contributed by atoms with Gasteiger partial charge in [-0.15, -0.1) is 0 Å². The van der Waals surface area contributed by atoms with E-state index in [9.17, 15) is 14.4 Å². The van der Waals surface area contributed by atoms with E-state index in [4.69, 9.17) is 55.9 Å². The Balaban J connectivity index is 1.66. The Kier molecular flexibility index (Phi) is 7.38. The van der Waals surface area contributed by atoms with Crippen LogP contribution in [-0.2, 0) is 9.53 Å². The average Bonchev–Trinajstić information content (AvgIpc) is 3.10. The topological polar surface area (TPSA) is 82.6 Å². The van der Waals surface area contributed by atoms with Crippen LogP contribution in [0.15, 0.2) is 42.5 Å². The monoisotopic (exact) mass is 551 g/mol. The number of esters is 1. The summed E-state index contributed by atoms with van der Waals surface area (Å²) in [6.07, 6.45) is 0.417. The first-order valence-electron chi connectivity index (χ1n) is 10.4. The van der Waals surface area contributed by atoms with Gasteiger partial charge < -0.3 is 9.47 Å². The summed E-state index contributed by atoms with van der Waals surface area (Å²) in [7, 11) is 0. The van der Waals surface area contributed by atoms with Gasteiger partial charge in [-0.3, -0.25) is 14.6 Å². The normalized spacial score (nSPS) is 13.3. The molecule has 180 valence electrons. The van der Waals surface area contributed by atoms with Crippen LogP contribution in [0, 0.1) is 0 Å². The molecule has 1 heterocycles. The molecule has 1 aliphatic rings. The molecule has 0 aliphatic heterocycles. The number of para-hydroxylation sites is 1. The number of carbonyl (C=O) groups excluding carboxylic acids is 3. The number of Topliss-reactive ketones (excluding diaryl/α,β-unsaturated/α-hetero) is 2. The van der Waals surface area contributed by atoms with Crippen molar-refractivity contribution in [3.63, 3.8) is 0 Å². The van der Waals surface area contributed by atoms with Crippen molar-refractivity contribution in [2.75, 3.05) is 13.2 Å². The minimum Gasteiger partial charge on any atom is -0.493 e. The summed E-state index contributed by atoms with van der Waals surface area (Å²) in [5.41, 5.74) is 0.873. The highest BCUT2D eigenvalue weighted by Crippen LogP contribution is 2.48. The number of pyridine rings is 1. The molecule has 0 fully saturated rings. The fourth-order valence-corrected chi connectivity index (χ4v) is 4.77. The number of aromatic nitrogens is 1. The Hall–Kier alpha value is -2.64. The number of rotatable bonds is 7. The van der Waals surface area contributed by atoms with E-state index in [1.54, 1.807) is 25.1 Å². The van der Waals surface area contributed by atoms with Crippen LogP contribution >= 0.6 is 46.4 Å². The number of hydrogen-bond donors (Lipinski definition) is 0. The molecule has 0 atom stereocenters. The van der Waals surface area contributed by atoms with Crippen LogP contribution < -0.4 is 4.74 Å². The van der Waals surface area contributed by atoms with E-state index in [2.05, 4.69) is 11.6 Å². The fraction of sp³-hybridized carbons (Fsp3) is 0.200. The lowest BCUT2D eigenvalue weighted by atomic mass is 9.98. The molecule has 0 radical (unpaired) electrons. The molecule has 6 nitrogen and oxygen atoms in total. The number of ketones is 2. The second-order valence-corrected chi connectivity index (χ2v) is 9.36. The summed E-state index contributed by atoms with van der Waals surface area (Å²) in [6.45, 7) is 5.46. The summed E-state index contributed by atoms with van der Waals surface area (Å²) in [4.78, 5) is 42.7. The van der Waals surface area contributed by atoms with Crippen molar-refractivity contribution in [3.05, 3.63) is 79.4 Å². The standard InChI is InChI=1S/C25H17Cl4NO5/c1-11(2)25(33)35-9-5-8-34-15-10-14(30-13-7-4-3-6-12(13)15)16-23(31)17-18(24(16)32)20(27)22(29)21(28)19(17)26/h3-4,6-7,10,16H,1,5,8-9H2,2H3. The van der Waals surface area contributed by atoms with Crippen LogP contribution in [0.1, 0.15) is 45.7 Å². The highest BCUT2D eigenvalue weighted by atomic mass is 35.5. The zero-order valence-electron chi connectivity index (χ0n) is 18.3. The van der Waals surface area contributed by atoms with E-state index in [0.29, 0.717) is 28.6 Å². The van der Waals surface area contributed by atoms with Crippen LogP contribution in [0.2, 0.25) is 20.1 Å². The van der Waals surface area contributed by atoms with Gasteiger partial charge in [-0.1, -0.05) is 65.1 Å². The summed E-state index contributed by atoms with van der Waals surface area (Å²) in [6, 6.07) is 8.68. The van der Waals surface area contributed by atoms with Crippen molar-refractivity contribution in [2.24, 2.45) is 0 Å². The van der Waals surface area contributed by atoms with Crippen molar-refractivity contribution in [1.29, 1.82) is 0 Å². The third-order valence-corrected chi connectivity index (χ3v) is 7.21. The van der Waals surface area contributed by atoms with Crippen molar-refractivity contribution in [1.82, 2.24) is 4.98 Å². The first-order valence-corrected chi connectivity index (χ1v) is 11.9. The van der Waals surface area contributed by atoms with Gasteiger partial charge in [0.15, 0.2) is 11.6 Å². The van der Waals surface area contributed by atoms with Crippen molar-refractivity contribution in [2.45, 2.75) is 19.3 Å². The molecule has 0 unspecified atom stereocenters. The van der Waals surface area contributed by atoms with Gasteiger partial charge in [-0.05, 0) is 19.1 Å². The number of carbonyl (C=O) groups is 3. The maximum Gasteiger partial charge on any atom is 0.333 e. The Bertz CT molecular complexity index is 1370. The minimum absolute atomic E-state index is 0.0715. The van der Waals surface area contributed by atoms with E-state index in [-0.39, 0.29) is 50.1 Å². The zero-order valence-corrected chi connectivity index (χ0v) is 21.3. The van der Waals surface area contributed by atoms with Gasteiger partial charge in [-0.2, -0.15) is 0 Å². The van der Waals surface area contributed by atoms with E-state index in [1.165, 1.54) is 0 Å². The number of benzene rings is 2. The number of ether oxygens (including phenoxy) is 2. The number of nitrogens with zero attached hydrogens (tertiary/aromatic N) is 1. The fourth-order valence-electron chi connectivity index (χ4n) is 3.73. The summed E-state index contributed by atoms with van der Waals surface area (Å²) < 4.78 is 11.0. The second kappa shape index (κ2) is 10.2. The summed E-state index contributed by atoms with van der Waals surface area (Å²) >= 11 is 24.7. The lowest BCUT2D eigenvalue weighted by Gasteiger charge is -2.14. The van der Waals surface area contributed by atoms with Gasteiger partial charge in [-0.25, -0.2) is 4.79 Å². The van der Waals surface area contributed by atoms with Gasteiger partial charge in [0, 0.05) is 23.4 Å². The smallest absolute Gasteiger partial charge is 0.333 e. The van der Waals surface area contributed by atoms with Crippen LogP contribution in [-0.4, -0.2) is 35.7 Å². The molecule has 10 heteroatoms. The Morgan fingerprint density at radius 2 is 1.57 bits per heavy atom. The van der Waals surface area contributed by atoms with E-state index < -0.39 is 23.5 Å². The highest BCUT2D eigenvalue weighted by Gasteiger charge is 2.45. The van der Waals surface area contributed by atoms with Gasteiger partial charge in [0.25, 0.3) is 0 Å². The highest BCUT2D eigenvalue weighted by molar-refractivity contribution is 6.55. The first-order chi connectivity index (χ1) is 16.6. The Labute approximate surface area is 220 Å². The molecule has 1 aromatic heterocycles. The summed E-state index contributed by atoms with van der Waals surface area (Å²) in [5.74, 6) is -2.48. The summed E-state index contributed by atoms with van der Waals surface area (Å²) in [5, 5.41) is 0.244. The molecule has 35 heavy (non-hydrogen) atoms. The molecule has 1 aliphatic carbocycles.